The molecule has 1 heterocycles. The second-order valence-electron chi connectivity index (χ2n) is 6.29. The fourth-order valence-electron chi connectivity index (χ4n) is 2.97. The van der Waals surface area contributed by atoms with E-state index in [4.69, 9.17) is 5.10 Å². The number of aryl methyl sites for hydroxylation is 1. The Morgan fingerprint density at radius 3 is 2.11 bits per heavy atom. The first-order valence-corrected chi connectivity index (χ1v) is 8.74. The Balaban J connectivity index is 1.90. The summed E-state index contributed by atoms with van der Waals surface area (Å²) in [6, 6.07) is 30.0. The van der Waals surface area contributed by atoms with Crippen LogP contribution < -0.4 is 5.32 Å². The minimum absolute atomic E-state index is 0.519. The van der Waals surface area contributed by atoms with Crippen molar-refractivity contribution in [2.24, 2.45) is 0 Å². The molecule has 4 heteroatoms. The number of nitriles is 1. The molecule has 0 unspecified atom stereocenters. The molecule has 0 atom stereocenters. The lowest BCUT2D eigenvalue weighted by Gasteiger charge is -2.10. The standard InChI is InChI=1S/C23H18N4/c1-17-12-14-19(15-13-17)25-23-21(16-24)22(18-8-4-2-5-9-18)26-27(23)20-10-6-3-7-11-20/h2-15,25H,1H3. The molecule has 0 aliphatic rings. The summed E-state index contributed by atoms with van der Waals surface area (Å²) in [6.45, 7) is 2.05. The van der Waals surface area contributed by atoms with Crippen molar-refractivity contribution in [1.82, 2.24) is 9.78 Å². The summed E-state index contributed by atoms with van der Waals surface area (Å²) in [5, 5.41) is 18.1. The average Bonchev–Trinajstić information content (AvgIpc) is 3.09. The van der Waals surface area contributed by atoms with E-state index < -0.39 is 0 Å². The van der Waals surface area contributed by atoms with Crippen molar-refractivity contribution in [3.05, 3.63) is 96.1 Å². The normalized spacial score (nSPS) is 10.4. The predicted molar refractivity (Wildman–Crippen MR) is 108 cm³/mol. The smallest absolute Gasteiger partial charge is 0.152 e. The van der Waals surface area contributed by atoms with Crippen LogP contribution in [0.15, 0.2) is 84.9 Å². The quantitative estimate of drug-likeness (QED) is 0.531. The predicted octanol–water partition coefficient (Wildman–Crippen LogP) is 5.46. The van der Waals surface area contributed by atoms with Crippen LogP contribution in [0.3, 0.4) is 0 Å². The van der Waals surface area contributed by atoms with E-state index in [-0.39, 0.29) is 0 Å². The first-order chi connectivity index (χ1) is 13.3. The van der Waals surface area contributed by atoms with Gasteiger partial charge in [0, 0.05) is 11.3 Å². The summed E-state index contributed by atoms with van der Waals surface area (Å²) in [6.07, 6.45) is 0. The zero-order valence-corrected chi connectivity index (χ0v) is 14.9. The SMILES string of the molecule is Cc1ccc(Nc2c(C#N)c(-c3ccccc3)nn2-c2ccccc2)cc1. The van der Waals surface area contributed by atoms with E-state index in [1.807, 2.05) is 91.9 Å². The van der Waals surface area contributed by atoms with Gasteiger partial charge in [-0.15, -0.1) is 0 Å². The molecule has 0 spiro atoms. The van der Waals surface area contributed by atoms with E-state index in [9.17, 15) is 5.26 Å². The van der Waals surface area contributed by atoms with E-state index in [0.717, 1.165) is 16.9 Å². The van der Waals surface area contributed by atoms with Crippen LogP contribution in [0.1, 0.15) is 11.1 Å². The van der Waals surface area contributed by atoms with Gasteiger partial charge in [-0.2, -0.15) is 10.4 Å². The van der Waals surface area contributed by atoms with Crippen LogP contribution in [-0.4, -0.2) is 9.78 Å². The summed E-state index contributed by atoms with van der Waals surface area (Å²) in [5.41, 5.74) is 5.08. The Morgan fingerprint density at radius 1 is 0.852 bits per heavy atom. The number of benzene rings is 3. The Kier molecular flexibility index (Phi) is 4.42. The van der Waals surface area contributed by atoms with E-state index >= 15 is 0 Å². The van der Waals surface area contributed by atoms with E-state index in [0.29, 0.717) is 17.1 Å². The molecule has 27 heavy (non-hydrogen) atoms. The highest BCUT2D eigenvalue weighted by molar-refractivity contribution is 5.77. The van der Waals surface area contributed by atoms with Gasteiger partial charge in [-0.25, -0.2) is 4.68 Å². The molecule has 0 radical (unpaired) electrons. The van der Waals surface area contributed by atoms with Gasteiger partial charge in [0.25, 0.3) is 0 Å². The first kappa shape index (κ1) is 16.6. The molecular formula is C23H18N4. The van der Waals surface area contributed by atoms with Crippen molar-refractivity contribution in [1.29, 1.82) is 5.26 Å². The Bertz CT molecular complexity index is 1090. The van der Waals surface area contributed by atoms with Crippen molar-refractivity contribution < 1.29 is 0 Å². The molecule has 0 saturated carbocycles. The Labute approximate surface area is 158 Å². The number of aromatic nitrogens is 2. The van der Waals surface area contributed by atoms with Gasteiger partial charge in [0.05, 0.1) is 5.69 Å². The molecule has 1 N–H and O–H groups in total. The van der Waals surface area contributed by atoms with Gasteiger partial charge in [-0.3, -0.25) is 0 Å². The number of hydrogen-bond donors (Lipinski definition) is 1. The maximum absolute atomic E-state index is 9.90. The molecule has 0 amide bonds. The number of para-hydroxylation sites is 1. The average molecular weight is 350 g/mol. The van der Waals surface area contributed by atoms with Crippen LogP contribution >= 0.6 is 0 Å². The van der Waals surface area contributed by atoms with Gasteiger partial charge >= 0.3 is 0 Å². The summed E-state index contributed by atoms with van der Waals surface area (Å²) >= 11 is 0. The van der Waals surface area contributed by atoms with Crippen molar-refractivity contribution in [3.63, 3.8) is 0 Å². The third-order valence-corrected chi connectivity index (χ3v) is 4.36. The second-order valence-corrected chi connectivity index (χ2v) is 6.29. The number of nitrogens with one attached hydrogen (secondary N) is 1. The minimum Gasteiger partial charge on any atom is -0.339 e. The van der Waals surface area contributed by atoms with Crippen molar-refractivity contribution >= 4 is 11.5 Å². The van der Waals surface area contributed by atoms with Crippen molar-refractivity contribution in [3.8, 4) is 23.0 Å². The zero-order chi connectivity index (χ0) is 18.6. The van der Waals surface area contributed by atoms with Crippen LogP contribution in [-0.2, 0) is 0 Å². The lowest BCUT2D eigenvalue weighted by Crippen LogP contribution is -2.03. The number of hydrogen-bond acceptors (Lipinski definition) is 3. The van der Waals surface area contributed by atoms with Crippen LogP contribution in [0.25, 0.3) is 16.9 Å². The largest absolute Gasteiger partial charge is 0.339 e. The lowest BCUT2D eigenvalue weighted by molar-refractivity contribution is 0.892. The zero-order valence-electron chi connectivity index (χ0n) is 14.9. The molecule has 4 rings (SSSR count). The molecule has 0 fully saturated rings. The molecule has 1 aromatic heterocycles. The summed E-state index contributed by atoms with van der Waals surface area (Å²) in [4.78, 5) is 0. The molecule has 0 saturated heterocycles. The van der Waals surface area contributed by atoms with E-state index in [1.54, 1.807) is 4.68 Å². The molecule has 4 aromatic rings. The van der Waals surface area contributed by atoms with Gasteiger partial charge in [0.15, 0.2) is 5.82 Å². The van der Waals surface area contributed by atoms with Gasteiger partial charge in [0.2, 0.25) is 0 Å². The third kappa shape index (κ3) is 3.31. The minimum atomic E-state index is 0.519. The van der Waals surface area contributed by atoms with Crippen LogP contribution in [0.5, 0.6) is 0 Å². The lowest BCUT2D eigenvalue weighted by atomic mass is 10.1. The maximum atomic E-state index is 9.90. The highest BCUT2D eigenvalue weighted by Crippen LogP contribution is 2.32. The molecule has 0 aliphatic carbocycles. The molecule has 3 aromatic carbocycles. The van der Waals surface area contributed by atoms with Crippen molar-refractivity contribution in [2.45, 2.75) is 6.92 Å². The van der Waals surface area contributed by atoms with Gasteiger partial charge in [0.1, 0.15) is 17.3 Å². The van der Waals surface area contributed by atoms with Gasteiger partial charge in [-0.05, 0) is 31.2 Å². The van der Waals surface area contributed by atoms with E-state index in [1.165, 1.54) is 5.56 Å². The van der Waals surface area contributed by atoms with Crippen LogP contribution in [0.2, 0.25) is 0 Å². The maximum Gasteiger partial charge on any atom is 0.152 e. The van der Waals surface area contributed by atoms with Crippen molar-refractivity contribution in [2.75, 3.05) is 5.32 Å². The number of nitrogens with zero attached hydrogens (tertiary/aromatic N) is 3. The fraction of sp³-hybridized carbons (Fsp3) is 0.0435. The summed E-state index contributed by atoms with van der Waals surface area (Å²) in [5.74, 6) is 0.659. The topological polar surface area (TPSA) is 53.6 Å². The van der Waals surface area contributed by atoms with Gasteiger partial charge in [-0.1, -0.05) is 66.2 Å². The second kappa shape index (κ2) is 7.19. The highest BCUT2D eigenvalue weighted by Gasteiger charge is 2.20. The Morgan fingerprint density at radius 2 is 1.48 bits per heavy atom. The fourth-order valence-corrected chi connectivity index (χ4v) is 2.97. The van der Waals surface area contributed by atoms with Gasteiger partial charge < -0.3 is 5.32 Å². The summed E-state index contributed by atoms with van der Waals surface area (Å²) in [7, 11) is 0. The van der Waals surface area contributed by atoms with Crippen LogP contribution in [0, 0.1) is 18.3 Å². The third-order valence-electron chi connectivity index (χ3n) is 4.36. The monoisotopic (exact) mass is 350 g/mol. The first-order valence-electron chi connectivity index (χ1n) is 8.74. The summed E-state index contributed by atoms with van der Waals surface area (Å²) < 4.78 is 1.79. The van der Waals surface area contributed by atoms with E-state index in [2.05, 4.69) is 11.4 Å². The highest BCUT2D eigenvalue weighted by atomic mass is 15.3. The molecule has 130 valence electrons. The molecular weight excluding hydrogens is 332 g/mol. The molecule has 0 bridgehead atoms. The molecule has 0 aliphatic heterocycles. The number of rotatable bonds is 4. The molecule has 4 nitrogen and oxygen atoms in total. The number of anilines is 2. The van der Waals surface area contributed by atoms with Crippen LogP contribution in [0.4, 0.5) is 11.5 Å². The Hall–Kier alpha value is -3.84.